The highest BCUT2D eigenvalue weighted by atomic mass is 32.2. The fourth-order valence-electron chi connectivity index (χ4n) is 4.02. The zero-order valence-corrected chi connectivity index (χ0v) is 18.4. The van der Waals surface area contributed by atoms with Crippen molar-refractivity contribution < 1.29 is 18.2 Å². The van der Waals surface area contributed by atoms with Gasteiger partial charge in [-0.05, 0) is 24.1 Å². The molecule has 0 radical (unpaired) electrons. The van der Waals surface area contributed by atoms with Gasteiger partial charge >= 0.3 is 0 Å². The molecule has 2 heterocycles. The van der Waals surface area contributed by atoms with Gasteiger partial charge in [0.15, 0.2) is 15.7 Å². The Balaban J connectivity index is 1.87. The molecule has 2 aliphatic rings. The molecule has 0 spiro atoms. The van der Waals surface area contributed by atoms with Crippen molar-refractivity contribution >= 4 is 15.5 Å². The van der Waals surface area contributed by atoms with Gasteiger partial charge in [-0.2, -0.15) is 0 Å². The predicted molar refractivity (Wildman–Crippen MR) is 120 cm³/mol. The number of nitrogens with one attached hydrogen (secondary N) is 3. The summed E-state index contributed by atoms with van der Waals surface area (Å²) in [7, 11) is -3.61. The first-order valence-corrected chi connectivity index (χ1v) is 12.2. The number of benzene rings is 2. The lowest BCUT2D eigenvalue weighted by molar-refractivity contribution is -0.793. The number of hydrogen-bond donors (Lipinski definition) is 3. The average Bonchev–Trinajstić information content (AvgIpc) is 2.75. The monoisotopic (exact) mass is 441 g/mol. The number of quaternary nitrogens is 1. The molecule has 2 aliphatic heterocycles. The van der Waals surface area contributed by atoms with E-state index in [4.69, 9.17) is 4.74 Å². The molecule has 31 heavy (non-hydrogen) atoms. The molecule has 0 bridgehead atoms. The molecule has 4 rings (SSSR count). The average molecular weight is 442 g/mol. The predicted octanol–water partition coefficient (Wildman–Crippen LogP) is 1.09. The van der Waals surface area contributed by atoms with E-state index in [9.17, 15) is 13.6 Å². The second-order valence-electron chi connectivity index (χ2n) is 7.95. The first-order valence-electron chi connectivity index (χ1n) is 10.2. The number of aryl methyl sites for hydroxylation is 1. The lowest BCUT2D eigenvalue weighted by atomic mass is 9.95. The Morgan fingerprint density at radius 2 is 1.84 bits per heavy atom. The van der Waals surface area contributed by atoms with E-state index < -0.39 is 21.3 Å². The van der Waals surface area contributed by atoms with Crippen LogP contribution in [0.2, 0.25) is 0 Å². The van der Waals surface area contributed by atoms with Crippen molar-refractivity contribution in [2.45, 2.75) is 24.8 Å². The summed E-state index contributed by atoms with van der Waals surface area (Å²) >= 11 is 0. The van der Waals surface area contributed by atoms with Crippen LogP contribution in [0.4, 0.5) is 0 Å². The molecule has 2 aromatic rings. The van der Waals surface area contributed by atoms with Crippen LogP contribution in [-0.2, 0) is 21.0 Å². The second-order valence-corrected chi connectivity index (χ2v) is 10.1. The van der Waals surface area contributed by atoms with E-state index in [1.54, 1.807) is 0 Å². The Morgan fingerprint density at radius 1 is 1.13 bits per heavy atom. The van der Waals surface area contributed by atoms with Crippen molar-refractivity contribution in [2.24, 2.45) is 0 Å². The van der Waals surface area contributed by atoms with Gasteiger partial charge in [0.25, 0.3) is 0 Å². The molecule has 0 aliphatic carbocycles. The van der Waals surface area contributed by atoms with E-state index in [1.807, 2.05) is 61.5 Å². The molecular weight excluding hydrogens is 414 g/mol. The number of hydrogen-bond acceptors (Lipinski definition) is 6. The normalized spacial score (nSPS) is 25.9. The summed E-state index contributed by atoms with van der Waals surface area (Å²) in [4.78, 5) is 0. The van der Waals surface area contributed by atoms with Crippen LogP contribution >= 0.6 is 0 Å². The summed E-state index contributed by atoms with van der Waals surface area (Å²) in [5.41, 5.74) is 2.53. The summed E-state index contributed by atoms with van der Waals surface area (Å²) < 4.78 is 31.0. The third-order valence-electron chi connectivity index (χ3n) is 5.66. The van der Waals surface area contributed by atoms with Crippen LogP contribution in [0.3, 0.4) is 0 Å². The van der Waals surface area contributed by atoms with Gasteiger partial charge in [-0.1, -0.05) is 48.5 Å². The Morgan fingerprint density at radius 3 is 2.55 bits per heavy atom. The summed E-state index contributed by atoms with van der Waals surface area (Å²) in [6.07, 6.45) is 3.09. The van der Waals surface area contributed by atoms with Crippen LogP contribution in [0.5, 0.6) is 0 Å². The molecule has 3 N–H and O–H groups in total. The zero-order chi connectivity index (χ0) is 22.0. The maximum Gasteiger partial charge on any atom is 0.224 e. The highest BCUT2D eigenvalue weighted by Crippen LogP contribution is 2.24. The maximum absolute atomic E-state index is 14.0. The van der Waals surface area contributed by atoms with Gasteiger partial charge in [0.2, 0.25) is 5.44 Å². The van der Waals surface area contributed by atoms with Crippen molar-refractivity contribution in [1.29, 1.82) is 0 Å². The quantitative estimate of drug-likeness (QED) is 0.615. The van der Waals surface area contributed by atoms with Gasteiger partial charge in [0, 0.05) is 30.9 Å². The van der Waals surface area contributed by atoms with E-state index in [0.29, 0.717) is 31.2 Å². The Labute approximate surface area is 182 Å². The molecule has 0 aromatic heterocycles. The number of ether oxygens (including phenoxy) is 1. The van der Waals surface area contributed by atoms with Crippen LogP contribution in [0.1, 0.15) is 16.7 Å². The van der Waals surface area contributed by atoms with E-state index >= 15 is 0 Å². The molecule has 8 heteroatoms. The SMILES string of the molecule is Cc1ccccc1/C1=C/C(S(C)(=O)=O)OC2=C(CNCN2)C(Cc2ccccc2)[NH+]1[O-]. The topological polar surface area (TPSA) is 94.9 Å². The summed E-state index contributed by atoms with van der Waals surface area (Å²) in [5, 5.41) is 20.2. The third-order valence-corrected chi connectivity index (χ3v) is 6.74. The molecule has 3 atom stereocenters. The second kappa shape index (κ2) is 8.84. The number of rotatable bonds is 4. The minimum atomic E-state index is -3.61. The Hall–Kier alpha value is -2.65. The maximum atomic E-state index is 14.0. The van der Waals surface area contributed by atoms with Gasteiger partial charge in [0.05, 0.1) is 12.2 Å². The lowest BCUT2D eigenvalue weighted by Crippen LogP contribution is -3.09. The van der Waals surface area contributed by atoms with E-state index in [-0.39, 0.29) is 5.06 Å². The van der Waals surface area contributed by atoms with Gasteiger partial charge in [-0.25, -0.2) is 8.42 Å². The Bertz CT molecular complexity index is 1110. The fourth-order valence-corrected chi connectivity index (χ4v) is 4.68. The standard InChI is InChI=1S/C23H27N3O4S/c1-16-8-6-7-11-18(16)21-13-22(31(2,28)29)30-23-19(14-24-15-25-23)20(26(21)27)12-17-9-4-3-5-10-17/h3-11,13,20,22,24-26H,12,14-15H2,1-2H3/b21-13-. The van der Waals surface area contributed by atoms with E-state index in [2.05, 4.69) is 10.6 Å². The highest BCUT2D eigenvalue weighted by molar-refractivity contribution is 7.91. The summed E-state index contributed by atoms with van der Waals surface area (Å²) in [6.45, 7) is 2.80. The fraction of sp³-hybridized carbons (Fsp3) is 0.304. The van der Waals surface area contributed by atoms with Crippen molar-refractivity contribution in [1.82, 2.24) is 10.6 Å². The van der Waals surface area contributed by atoms with Gasteiger partial charge in [-0.3, -0.25) is 5.32 Å². The van der Waals surface area contributed by atoms with Crippen molar-refractivity contribution in [3.05, 3.63) is 94.0 Å². The third kappa shape index (κ3) is 4.67. The van der Waals surface area contributed by atoms with Gasteiger partial charge in [-0.15, -0.1) is 0 Å². The van der Waals surface area contributed by atoms with Crippen LogP contribution in [0, 0.1) is 12.1 Å². The lowest BCUT2D eigenvalue weighted by Gasteiger charge is -2.39. The molecular formula is C23H27N3O4S. The summed E-state index contributed by atoms with van der Waals surface area (Å²) in [5.74, 6) is 0.378. The Kier molecular flexibility index (Phi) is 6.15. The number of sulfone groups is 1. The molecule has 0 saturated heterocycles. The van der Waals surface area contributed by atoms with Crippen molar-refractivity contribution in [2.75, 3.05) is 19.5 Å². The van der Waals surface area contributed by atoms with Crippen LogP contribution in [0.25, 0.3) is 5.70 Å². The molecule has 0 saturated carbocycles. The van der Waals surface area contributed by atoms with Crippen molar-refractivity contribution in [3.8, 4) is 0 Å². The van der Waals surface area contributed by atoms with E-state index in [0.717, 1.165) is 28.5 Å². The molecule has 0 amide bonds. The largest absolute Gasteiger partial charge is 0.628 e. The smallest absolute Gasteiger partial charge is 0.224 e. The van der Waals surface area contributed by atoms with Gasteiger partial charge in [0.1, 0.15) is 11.7 Å². The number of hydroxylamine groups is 2. The van der Waals surface area contributed by atoms with Crippen molar-refractivity contribution in [3.63, 3.8) is 0 Å². The van der Waals surface area contributed by atoms with Crippen LogP contribution in [0.15, 0.2) is 72.1 Å². The molecule has 2 aromatic carbocycles. The zero-order valence-electron chi connectivity index (χ0n) is 17.6. The molecule has 0 fully saturated rings. The highest BCUT2D eigenvalue weighted by Gasteiger charge is 2.36. The summed E-state index contributed by atoms with van der Waals surface area (Å²) in [6, 6.07) is 16.9. The van der Waals surface area contributed by atoms with Gasteiger partial charge < -0.3 is 20.3 Å². The molecule has 3 unspecified atom stereocenters. The van der Waals surface area contributed by atoms with Crippen LogP contribution in [-0.4, -0.2) is 39.4 Å². The first kappa shape index (κ1) is 21.6. The minimum Gasteiger partial charge on any atom is -0.628 e. The molecule has 7 nitrogen and oxygen atoms in total. The van der Waals surface area contributed by atoms with Crippen LogP contribution < -0.4 is 15.7 Å². The molecule has 164 valence electrons. The first-order chi connectivity index (χ1) is 14.8. The minimum absolute atomic E-state index is 0.104. The van der Waals surface area contributed by atoms with E-state index in [1.165, 1.54) is 6.08 Å².